The van der Waals surface area contributed by atoms with Gasteiger partial charge in [-0.2, -0.15) is 0 Å². The van der Waals surface area contributed by atoms with E-state index in [2.05, 4.69) is 28.8 Å². The SMILES string of the molecule is [2H]c1c([2H])c([2H])c(N2c3ccccc3-c3c(n(-c4cccc(-c5nc(-c6ccccc6)nc(-c6ccccc6)n5)c4)c4ccccc34)-c3ccccc32)c([2H])c1[2H]. The van der Waals surface area contributed by atoms with Crippen LogP contribution in [0.1, 0.15) is 6.85 Å². The van der Waals surface area contributed by atoms with Crippen LogP contribution in [-0.4, -0.2) is 19.5 Å². The maximum absolute atomic E-state index is 9.07. The van der Waals surface area contributed by atoms with Crippen LogP contribution in [-0.2, 0) is 0 Å². The van der Waals surface area contributed by atoms with Crippen molar-refractivity contribution in [2.75, 3.05) is 4.90 Å². The second kappa shape index (κ2) is 12.3. The molecule has 0 aliphatic carbocycles. The smallest absolute Gasteiger partial charge is 0.164 e. The van der Waals surface area contributed by atoms with Crippen LogP contribution in [0.15, 0.2) is 188 Å². The molecule has 244 valence electrons. The van der Waals surface area contributed by atoms with Gasteiger partial charge in [-0.05, 0) is 42.4 Å². The molecule has 52 heavy (non-hydrogen) atoms. The highest BCUT2D eigenvalue weighted by atomic mass is 15.2. The standard InChI is InChI=1S/C47H31N5/c1-4-17-32(18-5-1)45-48-46(33-19-6-2-7-20-33)50-47(49-45)34-21-16-24-36(31-34)52-41-29-14-11-26-38(41)43-37-25-10-13-28-40(37)51(35-22-8-3-9-23-35)42-30-15-12-27-39(42)44(43)52/h1-31H/i3D,8D,9D,22D,23D. The van der Waals surface area contributed by atoms with Gasteiger partial charge in [0, 0.05) is 50.1 Å². The van der Waals surface area contributed by atoms with Crippen LogP contribution in [0.5, 0.6) is 0 Å². The molecule has 5 heteroatoms. The molecule has 10 rings (SSSR count). The van der Waals surface area contributed by atoms with Gasteiger partial charge in [0.1, 0.15) is 0 Å². The van der Waals surface area contributed by atoms with Crippen molar-refractivity contribution in [3.8, 4) is 62.2 Å². The molecule has 0 saturated heterocycles. The summed E-state index contributed by atoms with van der Waals surface area (Å²) in [6, 6.07) is 50.2. The maximum atomic E-state index is 9.07. The summed E-state index contributed by atoms with van der Waals surface area (Å²) in [5.41, 5.74) is 9.44. The number of nitrogens with zero attached hydrogens (tertiary/aromatic N) is 5. The van der Waals surface area contributed by atoms with Gasteiger partial charge < -0.3 is 9.47 Å². The summed E-state index contributed by atoms with van der Waals surface area (Å²) >= 11 is 0. The summed E-state index contributed by atoms with van der Waals surface area (Å²) in [4.78, 5) is 16.7. The minimum absolute atomic E-state index is 0.0854. The van der Waals surface area contributed by atoms with Gasteiger partial charge in [-0.1, -0.05) is 146 Å². The predicted octanol–water partition coefficient (Wildman–Crippen LogP) is 11.9. The van der Waals surface area contributed by atoms with E-state index >= 15 is 0 Å². The molecule has 7 aromatic carbocycles. The van der Waals surface area contributed by atoms with E-state index in [-0.39, 0.29) is 17.8 Å². The molecule has 0 unspecified atom stereocenters. The van der Waals surface area contributed by atoms with Crippen LogP contribution in [0.2, 0.25) is 0 Å². The van der Waals surface area contributed by atoms with Gasteiger partial charge in [0.15, 0.2) is 17.5 Å². The first-order valence-corrected chi connectivity index (χ1v) is 17.1. The number of rotatable bonds is 5. The van der Waals surface area contributed by atoms with Crippen LogP contribution in [0.4, 0.5) is 17.1 Å². The van der Waals surface area contributed by atoms with Gasteiger partial charge in [-0.15, -0.1) is 0 Å². The van der Waals surface area contributed by atoms with Crippen LogP contribution in [0, 0.1) is 0 Å². The largest absolute Gasteiger partial charge is 0.309 e. The molecule has 1 aliphatic rings. The van der Waals surface area contributed by atoms with E-state index < -0.39 is 18.1 Å². The minimum atomic E-state index is -0.435. The first-order chi connectivity index (χ1) is 27.9. The molecule has 0 radical (unpaired) electrons. The number of anilines is 3. The molecule has 0 N–H and O–H groups in total. The summed E-state index contributed by atoms with van der Waals surface area (Å²) in [5, 5.41) is 1.00. The van der Waals surface area contributed by atoms with Crippen LogP contribution in [0.25, 0.3) is 73.1 Å². The normalized spacial score (nSPS) is 13.2. The molecule has 0 spiro atoms. The molecular formula is C47H31N5. The third-order valence-corrected chi connectivity index (χ3v) is 9.46. The molecule has 3 heterocycles. The van der Waals surface area contributed by atoms with Crippen molar-refractivity contribution in [3.05, 3.63) is 188 Å². The fourth-order valence-electron chi connectivity index (χ4n) is 7.23. The predicted molar refractivity (Wildman–Crippen MR) is 212 cm³/mol. The van der Waals surface area contributed by atoms with E-state index in [9.17, 15) is 0 Å². The topological polar surface area (TPSA) is 46.8 Å². The molecule has 2 aromatic heterocycles. The lowest BCUT2D eigenvalue weighted by molar-refractivity contribution is 1.07. The van der Waals surface area contributed by atoms with E-state index in [4.69, 9.17) is 21.8 Å². The molecule has 0 atom stereocenters. The van der Waals surface area contributed by atoms with Crippen molar-refractivity contribution in [2.45, 2.75) is 0 Å². The summed E-state index contributed by atoms with van der Waals surface area (Å²) < 4.78 is 45.9. The molecule has 0 amide bonds. The quantitative estimate of drug-likeness (QED) is 0.183. The molecule has 0 fully saturated rings. The Bertz CT molecular complexity index is 2950. The van der Waals surface area contributed by atoms with Crippen molar-refractivity contribution in [3.63, 3.8) is 0 Å². The number of fused-ring (bicyclic) bond motifs is 7. The van der Waals surface area contributed by atoms with E-state index in [1.165, 1.54) is 0 Å². The van der Waals surface area contributed by atoms with Crippen LogP contribution in [0.3, 0.4) is 0 Å². The number of hydrogen-bond donors (Lipinski definition) is 0. The van der Waals surface area contributed by atoms with Gasteiger partial charge in [0.2, 0.25) is 0 Å². The number of para-hydroxylation sites is 4. The van der Waals surface area contributed by atoms with Crippen molar-refractivity contribution < 1.29 is 6.85 Å². The van der Waals surface area contributed by atoms with E-state index in [0.29, 0.717) is 28.8 Å². The Hall–Kier alpha value is -7.11. The molecular weight excluding hydrogens is 635 g/mol. The zero-order chi connectivity index (χ0) is 38.8. The average Bonchev–Trinajstić information content (AvgIpc) is 3.56. The van der Waals surface area contributed by atoms with E-state index in [0.717, 1.165) is 55.7 Å². The Morgan fingerprint density at radius 3 is 1.67 bits per heavy atom. The van der Waals surface area contributed by atoms with Crippen molar-refractivity contribution >= 4 is 28.0 Å². The van der Waals surface area contributed by atoms with Crippen molar-refractivity contribution in [1.29, 1.82) is 0 Å². The lowest BCUT2D eigenvalue weighted by Gasteiger charge is -2.27. The van der Waals surface area contributed by atoms with E-state index in [1.54, 1.807) is 0 Å². The van der Waals surface area contributed by atoms with Crippen molar-refractivity contribution in [1.82, 2.24) is 19.5 Å². The summed E-state index contributed by atoms with van der Waals surface area (Å²) in [7, 11) is 0. The number of hydrogen-bond acceptors (Lipinski definition) is 4. The summed E-state index contributed by atoms with van der Waals surface area (Å²) in [5.74, 6) is 1.68. The van der Waals surface area contributed by atoms with Gasteiger partial charge >= 0.3 is 0 Å². The lowest BCUT2D eigenvalue weighted by Crippen LogP contribution is -2.11. The van der Waals surface area contributed by atoms with Crippen molar-refractivity contribution in [2.24, 2.45) is 0 Å². The highest BCUT2D eigenvalue weighted by Crippen LogP contribution is 2.54. The second-order valence-electron chi connectivity index (χ2n) is 12.5. The fraction of sp³-hybridized carbons (Fsp3) is 0. The first-order valence-electron chi connectivity index (χ1n) is 19.6. The molecule has 0 saturated carbocycles. The highest BCUT2D eigenvalue weighted by molar-refractivity contribution is 6.13. The lowest BCUT2D eigenvalue weighted by atomic mass is 9.98. The monoisotopic (exact) mass is 670 g/mol. The zero-order valence-corrected chi connectivity index (χ0v) is 27.7. The number of aromatic nitrogens is 4. The Kier molecular flexibility index (Phi) is 5.92. The Balaban J connectivity index is 1.25. The highest BCUT2D eigenvalue weighted by Gasteiger charge is 2.31. The average molecular weight is 671 g/mol. The zero-order valence-electron chi connectivity index (χ0n) is 32.7. The fourth-order valence-corrected chi connectivity index (χ4v) is 7.23. The Morgan fingerprint density at radius 1 is 0.442 bits per heavy atom. The van der Waals surface area contributed by atoms with Gasteiger partial charge in [-0.3, -0.25) is 0 Å². The number of benzene rings is 7. The maximum Gasteiger partial charge on any atom is 0.164 e. The molecule has 5 nitrogen and oxygen atoms in total. The van der Waals surface area contributed by atoms with E-state index in [1.807, 2.05) is 138 Å². The molecule has 1 aliphatic heterocycles. The third kappa shape index (κ3) is 4.90. The van der Waals surface area contributed by atoms with Gasteiger partial charge in [0.25, 0.3) is 0 Å². The van der Waals surface area contributed by atoms with Gasteiger partial charge in [-0.25, -0.2) is 15.0 Å². The van der Waals surface area contributed by atoms with Crippen LogP contribution < -0.4 is 4.90 Å². The first kappa shape index (κ1) is 24.9. The van der Waals surface area contributed by atoms with Crippen LogP contribution >= 0.6 is 0 Å². The molecule has 0 bridgehead atoms. The third-order valence-electron chi connectivity index (χ3n) is 9.46. The summed E-state index contributed by atoms with van der Waals surface area (Å²) in [6.07, 6.45) is 0. The molecule has 9 aromatic rings. The second-order valence-corrected chi connectivity index (χ2v) is 12.5. The van der Waals surface area contributed by atoms with Gasteiger partial charge in [0.05, 0.1) is 29.4 Å². The Labute approximate surface area is 308 Å². The summed E-state index contributed by atoms with van der Waals surface area (Å²) in [6.45, 7) is 0. The Morgan fingerprint density at radius 2 is 0.981 bits per heavy atom. The minimum Gasteiger partial charge on any atom is -0.309 e.